The molecular weight excluding hydrogens is 253 g/mol. The van der Waals surface area contributed by atoms with Gasteiger partial charge in [0.05, 0.1) is 6.54 Å². The fraction of sp³-hybridized carbons (Fsp3) is 0.429. The van der Waals surface area contributed by atoms with Crippen LogP contribution < -0.4 is 0 Å². The van der Waals surface area contributed by atoms with Crippen LogP contribution in [0.3, 0.4) is 0 Å². The number of hydrogen-bond acceptors (Lipinski definition) is 1. The van der Waals surface area contributed by atoms with Gasteiger partial charge in [0.15, 0.2) is 0 Å². The molecule has 3 heteroatoms. The molecule has 0 saturated heterocycles. The summed E-state index contributed by atoms with van der Waals surface area (Å²) in [5.41, 5.74) is 1.22. The van der Waals surface area contributed by atoms with Gasteiger partial charge in [0.1, 0.15) is 0 Å². The van der Waals surface area contributed by atoms with E-state index < -0.39 is 0 Å². The van der Waals surface area contributed by atoms with Gasteiger partial charge >= 0.3 is 0 Å². The summed E-state index contributed by atoms with van der Waals surface area (Å²) >= 11 is 5.81. The molecule has 0 saturated carbocycles. The number of nitrogens with zero attached hydrogens (tertiary/aromatic N) is 1. The summed E-state index contributed by atoms with van der Waals surface area (Å²) in [5, 5.41) is 0.778. The number of halogens is 2. The first-order valence-electron chi connectivity index (χ1n) is 5.68. The standard InChI is InChI=1S/C14H18ClN.ClH/c1-3-16(4-2)12-6-5-7-13-8-10-14(15)11-9-13;/h8-11H,3-4,7,12H2,1-2H3;1H. The Kier molecular flexibility index (Phi) is 8.99. The Morgan fingerprint density at radius 1 is 1.06 bits per heavy atom. The van der Waals surface area contributed by atoms with Crippen LogP contribution in [-0.2, 0) is 6.42 Å². The fourth-order valence-electron chi connectivity index (χ4n) is 1.38. The van der Waals surface area contributed by atoms with Crippen molar-refractivity contribution in [2.45, 2.75) is 20.3 Å². The zero-order valence-electron chi connectivity index (χ0n) is 10.4. The van der Waals surface area contributed by atoms with E-state index in [-0.39, 0.29) is 12.4 Å². The molecule has 0 amide bonds. The van der Waals surface area contributed by atoms with Gasteiger partial charge in [-0.25, -0.2) is 0 Å². The predicted octanol–water partition coefficient (Wildman–Crippen LogP) is 3.65. The second-order valence-electron chi connectivity index (χ2n) is 3.62. The first kappa shape index (κ1) is 16.3. The van der Waals surface area contributed by atoms with Gasteiger partial charge in [0, 0.05) is 11.4 Å². The van der Waals surface area contributed by atoms with E-state index in [9.17, 15) is 0 Å². The maximum absolute atomic E-state index is 5.81. The molecule has 1 rings (SSSR count). The highest BCUT2D eigenvalue weighted by atomic mass is 35.5. The zero-order valence-corrected chi connectivity index (χ0v) is 11.9. The molecule has 0 unspecified atom stereocenters. The minimum Gasteiger partial charge on any atom is -0.293 e. The number of hydrogen-bond donors (Lipinski definition) is 0. The first-order valence-corrected chi connectivity index (χ1v) is 6.06. The van der Waals surface area contributed by atoms with Crippen molar-refractivity contribution in [2.24, 2.45) is 0 Å². The molecule has 1 aromatic rings. The highest BCUT2D eigenvalue weighted by Crippen LogP contribution is 2.09. The van der Waals surface area contributed by atoms with Gasteiger partial charge in [-0.05, 0) is 30.8 Å². The molecule has 94 valence electrons. The van der Waals surface area contributed by atoms with Crippen LogP contribution >= 0.6 is 24.0 Å². The Morgan fingerprint density at radius 3 is 2.18 bits per heavy atom. The predicted molar refractivity (Wildman–Crippen MR) is 78.0 cm³/mol. The average Bonchev–Trinajstić information content (AvgIpc) is 2.32. The molecule has 0 radical (unpaired) electrons. The summed E-state index contributed by atoms with van der Waals surface area (Å²) in [6, 6.07) is 7.86. The molecule has 1 nitrogen and oxygen atoms in total. The van der Waals surface area contributed by atoms with Crippen LogP contribution in [-0.4, -0.2) is 24.5 Å². The first-order chi connectivity index (χ1) is 7.76. The minimum atomic E-state index is 0. The van der Waals surface area contributed by atoms with Crippen LogP contribution in [0.15, 0.2) is 24.3 Å². The normalized spacial score (nSPS) is 9.41. The van der Waals surface area contributed by atoms with E-state index in [2.05, 4.69) is 30.6 Å². The summed E-state index contributed by atoms with van der Waals surface area (Å²) in [6.45, 7) is 7.30. The van der Waals surface area contributed by atoms with Crippen LogP contribution in [0, 0.1) is 11.8 Å². The lowest BCUT2D eigenvalue weighted by molar-refractivity contribution is 0.342. The topological polar surface area (TPSA) is 3.24 Å². The lowest BCUT2D eigenvalue weighted by atomic mass is 10.1. The largest absolute Gasteiger partial charge is 0.293 e. The smallest absolute Gasteiger partial charge is 0.0601 e. The van der Waals surface area contributed by atoms with Gasteiger partial charge in [0.2, 0.25) is 0 Å². The van der Waals surface area contributed by atoms with E-state index in [1.54, 1.807) is 0 Å². The Bertz CT molecular complexity index is 358. The van der Waals surface area contributed by atoms with Crippen molar-refractivity contribution in [2.75, 3.05) is 19.6 Å². The molecule has 1 aromatic carbocycles. The maximum Gasteiger partial charge on any atom is 0.0601 e. The summed E-state index contributed by atoms with van der Waals surface area (Å²) in [7, 11) is 0. The minimum absolute atomic E-state index is 0. The Labute approximate surface area is 116 Å². The Balaban J connectivity index is 0.00000256. The van der Waals surface area contributed by atoms with Crippen molar-refractivity contribution in [3.05, 3.63) is 34.9 Å². The van der Waals surface area contributed by atoms with E-state index in [4.69, 9.17) is 11.6 Å². The van der Waals surface area contributed by atoms with Crippen LogP contribution in [0.2, 0.25) is 5.02 Å². The summed E-state index contributed by atoms with van der Waals surface area (Å²) in [4.78, 5) is 2.30. The van der Waals surface area contributed by atoms with Crippen molar-refractivity contribution in [3.63, 3.8) is 0 Å². The van der Waals surface area contributed by atoms with Crippen molar-refractivity contribution < 1.29 is 0 Å². The SMILES string of the molecule is CCN(CC)CC#CCc1ccc(Cl)cc1.Cl. The number of rotatable bonds is 4. The molecule has 0 spiro atoms. The van der Waals surface area contributed by atoms with Crippen molar-refractivity contribution in [1.82, 2.24) is 4.90 Å². The monoisotopic (exact) mass is 271 g/mol. The van der Waals surface area contributed by atoms with Crippen molar-refractivity contribution in [1.29, 1.82) is 0 Å². The van der Waals surface area contributed by atoms with E-state index in [0.29, 0.717) is 0 Å². The highest BCUT2D eigenvalue weighted by molar-refractivity contribution is 6.30. The maximum atomic E-state index is 5.81. The summed E-state index contributed by atoms with van der Waals surface area (Å²) in [6.07, 6.45) is 0.804. The molecule has 0 atom stereocenters. The van der Waals surface area contributed by atoms with E-state index in [0.717, 1.165) is 31.1 Å². The second kappa shape index (κ2) is 9.36. The molecule has 0 N–H and O–H groups in total. The molecule has 17 heavy (non-hydrogen) atoms. The quantitative estimate of drug-likeness (QED) is 0.756. The van der Waals surface area contributed by atoms with Crippen LogP contribution in [0.1, 0.15) is 19.4 Å². The van der Waals surface area contributed by atoms with Gasteiger partial charge in [0.25, 0.3) is 0 Å². The Morgan fingerprint density at radius 2 is 1.65 bits per heavy atom. The van der Waals surface area contributed by atoms with Gasteiger partial charge in [-0.3, -0.25) is 4.90 Å². The van der Waals surface area contributed by atoms with Crippen molar-refractivity contribution in [3.8, 4) is 11.8 Å². The van der Waals surface area contributed by atoms with Gasteiger partial charge < -0.3 is 0 Å². The molecule has 0 aliphatic heterocycles. The van der Waals surface area contributed by atoms with Gasteiger partial charge in [-0.1, -0.05) is 49.4 Å². The highest BCUT2D eigenvalue weighted by Gasteiger charge is 1.93. The Hall–Kier alpha value is -0.680. The van der Waals surface area contributed by atoms with Gasteiger partial charge in [-0.15, -0.1) is 12.4 Å². The lowest BCUT2D eigenvalue weighted by Crippen LogP contribution is -2.22. The lowest BCUT2D eigenvalue weighted by Gasteiger charge is -2.13. The summed E-state index contributed by atoms with van der Waals surface area (Å²) < 4.78 is 0. The van der Waals surface area contributed by atoms with E-state index >= 15 is 0 Å². The molecule has 0 aliphatic rings. The van der Waals surface area contributed by atoms with Crippen LogP contribution in [0.5, 0.6) is 0 Å². The molecule has 0 aliphatic carbocycles. The molecule has 0 bridgehead atoms. The molecule has 0 heterocycles. The van der Waals surface area contributed by atoms with Crippen LogP contribution in [0.25, 0.3) is 0 Å². The molecular formula is C14H19Cl2N. The molecule has 0 aromatic heterocycles. The third-order valence-corrected chi connectivity index (χ3v) is 2.78. The third-order valence-electron chi connectivity index (χ3n) is 2.53. The zero-order chi connectivity index (χ0) is 11.8. The average molecular weight is 272 g/mol. The van der Waals surface area contributed by atoms with E-state index in [1.165, 1.54) is 5.56 Å². The van der Waals surface area contributed by atoms with Gasteiger partial charge in [-0.2, -0.15) is 0 Å². The van der Waals surface area contributed by atoms with Crippen molar-refractivity contribution >= 4 is 24.0 Å². The fourth-order valence-corrected chi connectivity index (χ4v) is 1.51. The van der Waals surface area contributed by atoms with Crippen LogP contribution in [0.4, 0.5) is 0 Å². The number of benzene rings is 1. The summed E-state index contributed by atoms with van der Waals surface area (Å²) in [5.74, 6) is 6.38. The second-order valence-corrected chi connectivity index (χ2v) is 4.05. The van der Waals surface area contributed by atoms with E-state index in [1.807, 2.05) is 24.3 Å². The third kappa shape index (κ3) is 6.58. The molecule has 0 fully saturated rings.